The molecule has 0 aromatic heterocycles. The SMILES string of the molecule is CCCCO.[CH2-]CCC.[CH2-]CCC.[O]=[V]=[O]. The molecule has 0 aliphatic rings. The molecule has 0 fully saturated rings. The number of hydrogen-bond acceptors (Lipinski definition) is 3. The summed E-state index contributed by atoms with van der Waals surface area (Å²) in [4.78, 5) is 0. The molecule has 0 saturated carbocycles. The first-order valence-corrected chi connectivity index (χ1v) is 6.94. The molecular formula is C12H28O3V-2. The fraction of sp³-hybridized carbons (Fsp3) is 0.833. The Hall–Kier alpha value is 0.144. The molecule has 0 unspecified atom stereocenters. The van der Waals surface area contributed by atoms with Crippen molar-refractivity contribution in [1.82, 2.24) is 0 Å². The fourth-order valence-electron chi connectivity index (χ4n) is 0.158. The summed E-state index contributed by atoms with van der Waals surface area (Å²) >= 11 is -1.81. The standard InChI is InChI=1S/C4H10O.2C4H9.2O.V/c1-2-3-4-5;2*1-3-4-2;;;/h5H,2-4H2,1H3;2*1,3-4H2,2H3;;;/q;2*-1;;;. The predicted octanol–water partition coefficient (Wildman–Crippen LogP) is 3.78. The summed E-state index contributed by atoms with van der Waals surface area (Å²) in [5, 5.41) is 8.07. The number of aliphatic hydroxyl groups excluding tert-OH is 1. The van der Waals surface area contributed by atoms with Crippen LogP contribution >= 0.6 is 0 Å². The summed E-state index contributed by atoms with van der Waals surface area (Å²) in [6, 6.07) is 0. The van der Waals surface area contributed by atoms with E-state index in [0.717, 1.165) is 25.7 Å². The van der Waals surface area contributed by atoms with E-state index in [4.69, 9.17) is 12.5 Å². The number of rotatable bonds is 4. The molecule has 101 valence electrons. The molecule has 0 rings (SSSR count). The normalized spacial score (nSPS) is 6.88. The molecule has 0 aromatic rings. The van der Waals surface area contributed by atoms with Crippen LogP contribution in [-0.4, -0.2) is 11.7 Å². The third-order valence-corrected chi connectivity index (χ3v) is 1.22. The van der Waals surface area contributed by atoms with Crippen LogP contribution in [0.25, 0.3) is 0 Å². The van der Waals surface area contributed by atoms with Crippen molar-refractivity contribution in [3.63, 3.8) is 0 Å². The summed E-state index contributed by atoms with van der Waals surface area (Å²) in [5.41, 5.74) is 0. The van der Waals surface area contributed by atoms with Gasteiger partial charge in [0, 0.05) is 6.61 Å². The first-order chi connectivity index (χ1) is 7.66. The summed E-state index contributed by atoms with van der Waals surface area (Å²) in [7, 11) is 0. The molecule has 3 nitrogen and oxygen atoms in total. The number of unbranched alkanes of at least 4 members (excludes halogenated alkanes) is 3. The Kier molecular flexibility index (Phi) is 71.7. The van der Waals surface area contributed by atoms with Crippen LogP contribution in [0.1, 0.15) is 59.3 Å². The molecule has 0 heterocycles. The van der Waals surface area contributed by atoms with Crippen LogP contribution in [0, 0.1) is 13.8 Å². The topological polar surface area (TPSA) is 54.4 Å². The second kappa shape index (κ2) is 45.7. The Balaban J connectivity index is -0.0000000610. The van der Waals surface area contributed by atoms with E-state index in [2.05, 4.69) is 34.6 Å². The van der Waals surface area contributed by atoms with Gasteiger partial charge < -0.3 is 19.0 Å². The molecule has 0 aliphatic carbocycles. The maximum absolute atomic E-state index is 8.47. The second-order valence-electron chi connectivity index (χ2n) is 2.86. The third-order valence-electron chi connectivity index (χ3n) is 1.22. The molecule has 16 heavy (non-hydrogen) atoms. The molecule has 0 atom stereocenters. The zero-order valence-electron chi connectivity index (χ0n) is 11.1. The molecule has 0 radical (unpaired) electrons. The third kappa shape index (κ3) is 142. The quantitative estimate of drug-likeness (QED) is 0.792. The minimum atomic E-state index is -1.81. The van der Waals surface area contributed by atoms with Crippen LogP contribution in [-0.2, 0) is 23.5 Å². The van der Waals surface area contributed by atoms with Crippen LogP contribution in [0.15, 0.2) is 0 Å². The first-order valence-electron chi connectivity index (χ1n) is 5.80. The Bertz CT molecular complexity index is 92.4. The van der Waals surface area contributed by atoms with Crippen molar-refractivity contribution < 1.29 is 28.6 Å². The average molecular weight is 271 g/mol. The molecule has 0 spiro atoms. The van der Waals surface area contributed by atoms with E-state index in [0.29, 0.717) is 6.61 Å². The molecule has 1 N–H and O–H groups in total. The van der Waals surface area contributed by atoms with E-state index in [1.54, 1.807) is 0 Å². The molecule has 0 bridgehead atoms. The van der Waals surface area contributed by atoms with Gasteiger partial charge in [-0.15, -0.1) is 0 Å². The minimum absolute atomic E-state index is 0.344. The Morgan fingerprint density at radius 1 is 0.938 bits per heavy atom. The van der Waals surface area contributed by atoms with Gasteiger partial charge in [-0.2, -0.15) is 12.8 Å². The molecule has 4 heteroatoms. The van der Waals surface area contributed by atoms with Gasteiger partial charge in [-0.1, -0.05) is 40.0 Å². The molecule has 0 aromatic carbocycles. The van der Waals surface area contributed by atoms with Gasteiger partial charge in [0.15, 0.2) is 0 Å². The zero-order chi connectivity index (χ0) is 13.7. The van der Waals surface area contributed by atoms with Crippen LogP contribution < -0.4 is 0 Å². The van der Waals surface area contributed by atoms with Crippen LogP contribution in [0.4, 0.5) is 0 Å². The van der Waals surface area contributed by atoms with Gasteiger partial charge >= 0.3 is 23.5 Å². The van der Waals surface area contributed by atoms with Crippen LogP contribution in [0.5, 0.6) is 0 Å². The van der Waals surface area contributed by atoms with Crippen molar-refractivity contribution in [3.05, 3.63) is 13.8 Å². The van der Waals surface area contributed by atoms with E-state index in [1.807, 2.05) is 0 Å². The van der Waals surface area contributed by atoms with Crippen molar-refractivity contribution in [2.24, 2.45) is 0 Å². The van der Waals surface area contributed by atoms with E-state index in [9.17, 15) is 0 Å². The summed E-state index contributed by atoms with van der Waals surface area (Å²) in [5.74, 6) is 0. The number of hydrogen-bond donors (Lipinski definition) is 1. The van der Waals surface area contributed by atoms with E-state index in [-0.39, 0.29) is 0 Å². The van der Waals surface area contributed by atoms with Crippen molar-refractivity contribution in [2.45, 2.75) is 59.3 Å². The summed E-state index contributed by atoms with van der Waals surface area (Å²) in [6.07, 6.45) is 6.59. The van der Waals surface area contributed by atoms with Crippen LogP contribution in [0.2, 0.25) is 0 Å². The van der Waals surface area contributed by atoms with Gasteiger partial charge in [-0.25, -0.2) is 0 Å². The summed E-state index contributed by atoms with van der Waals surface area (Å²) in [6.45, 7) is 13.8. The van der Waals surface area contributed by atoms with Gasteiger partial charge in [-0.3, -0.25) is 0 Å². The van der Waals surface area contributed by atoms with Crippen LogP contribution in [0.3, 0.4) is 0 Å². The maximum atomic E-state index is 8.47. The predicted molar refractivity (Wildman–Crippen MR) is 63.9 cm³/mol. The van der Waals surface area contributed by atoms with Gasteiger partial charge in [-0.05, 0) is 6.42 Å². The van der Waals surface area contributed by atoms with Gasteiger partial charge in [0.05, 0.1) is 0 Å². The Labute approximate surface area is 109 Å². The van der Waals surface area contributed by atoms with E-state index < -0.39 is 16.2 Å². The van der Waals surface area contributed by atoms with Crippen molar-refractivity contribution in [2.75, 3.05) is 6.61 Å². The van der Waals surface area contributed by atoms with Crippen molar-refractivity contribution >= 4 is 0 Å². The Morgan fingerprint density at radius 2 is 1.19 bits per heavy atom. The monoisotopic (exact) mass is 271 g/mol. The van der Waals surface area contributed by atoms with Crippen molar-refractivity contribution in [1.29, 1.82) is 0 Å². The van der Waals surface area contributed by atoms with Gasteiger partial charge in [0.1, 0.15) is 0 Å². The molecule has 0 aliphatic heterocycles. The van der Waals surface area contributed by atoms with Gasteiger partial charge in [0.2, 0.25) is 0 Å². The molecular weight excluding hydrogens is 243 g/mol. The van der Waals surface area contributed by atoms with E-state index in [1.165, 1.54) is 12.8 Å². The molecule has 0 amide bonds. The first kappa shape index (κ1) is 25.1. The Morgan fingerprint density at radius 3 is 1.19 bits per heavy atom. The average Bonchev–Trinajstić information content (AvgIpc) is 2.32. The van der Waals surface area contributed by atoms with E-state index >= 15 is 0 Å². The zero-order valence-corrected chi connectivity index (χ0v) is 12.5. The van der Waals surface area contributed by atoms with Gasteiger partial charge in [0.25, 0.3) is 0 Å². The van der Waals surface area contributed by atoms with Crippen molar-refractivity contribution in [3.8, 4) is 0 Å². The second-order valence-corrected chi connectivity index (χ2v) is 3.09. The fourth-order valence-corrected chi connectivity index (χ4v) is 0.158. The summed E-state index contributed by atoms with van der Waals surface area (Å²) < 4.78 is 16.9. The molecule has 0 saturated heterocycles. The number of aliphatic hydroxyl groups is 1.